The van der Waals surface area contributed by atoms with E-state index in [0.717, 1.165) is 88.7 Å². The number of rotatable bonds is 14. The Morgan fingerprint density at radius 1 is 0.578 bits per heavy atom. The fourth-order valence-electron chi connectivity index (χ4n) is 9.86. The number of carbonyl (C=O) groups excluding carboxylic acids is 2. The number of nitrogens with zero attached hydrogens (tertiary/aromatic N) is 10. The van der Waals surface area contributed by atoms with Crippen molar-refractivity contribution in [3.63, 3.8) is 0 Å². The Hall–Kier alpha value is -6.70. The minimum Gasteiger partial charge on any atom is -0.505 e. The normalized spacial score (nSPS) is 15.3. The summed E-state index contributed by atoms with van der Waals surface area (Å²) in [6, 6.07) is 22.4. The molecule has 0 radical (unpaired) electrons. The summed E-state index contributed by atoms with van der Waals surface area (Å²) in [5.74, 6) is 1.57. The van der Waals surface area contributed by atoms with E-state index in [-0.39, 0.29) is 23.3 Å². The van der Waals surface area contributed by atoms with Crippen molar-refractivity contribution >= 4 is 46.2 Å². The lowest BCUT2D eigenvalue weighted by Gasteiger charge is -2.37. The Kier molecular flexibility index (Phi) is 12.6. The number of phenolic OH excluding ortho intramolecular Hbond substituents is 2. The van der Waals surface area contributed by atoms with E-state index >= 15 is 0 Å². The number of phenols is 2. The quantitative estimate of drug-likeness (QED) is 0.0851. The number of hydrogen-bond donors (Lipinski definition) is 2. The fourth-order valence-corrected chi connectivity index (χ4v) is 9.86. The SMILES string of the molecule is CN(CCC[n+]1ccccc1N=Nc1cc2c3c(c1O)CCCN3CCC2)C(=O)c1ccc(C(=O)N(C)CCC[n+]2ccccc2/N=N/c2cc3c4c(c2O)CCCN4CCC3)cc1. The minimum absolute atomic E-state index is 0.119. The third kappa shape index (κ3) is 8.91. The van der Waals surface area contributed by atoms with Gasteiger partial charge >= 0.3 is 11.6 Å². The van der Waals surface area contributed by atoms with Gasteiger partial charge in [-0.15, -0.1) is 0 Å². The lowest BCUT2D eigenvalue weighted by atomic mass is 9.90. The first kappa shape index (κ1) is 42.6. The summed E-state index contributed by atoms with van der Waals surface area (Å²) in [6.45, 7) is 6.43. The number of azo groups is 2. The molecule has 4 aliphatic heterocycles. The number of aromatic hydroxyl groups is 2. The van der Waals surface area contributed by atoms with Gasteiger partial charge in [0.25, 0.3) is 11.8 Å². The number of aryl methyl sites for hydroxylation is 4. The van der Waals surface area contributed by atoms with Gasteiger partial charge in [-0.2, -0.15) is 0 Å². The molecule has 0 aliphatic carbocycles. The highest BCUT2D eigenvalue weighted by atomic mass is 16.3. The van der Waals surface area contributed by atoms with E-state index in [4.69, 9.17) is 0 Å². The molecule has 0 saturated carbocycles. The predicted molar refractivity (Wildman–Crippen MR) is 245 cm³/mol. The molecule has 0 fully saturated rings. The molecular formula is C50H58N10O4+2. The molecule has 0 saturated heterocycles. The maximum Gasteiger partial charge on any atom is 0.350 e. The lowest BCUT2D eigenvalue weighted by molar-refractivity contribution is -0.684. The average Bonchev–Trinajstić information content (AvgIpc) is 3.33. The molecule has 9 rings (SSSR count). The first-order valence-electron chi connectivity index (χ1n) is 22.9. The van der Waals surface area contributed by atoms with Crippen molar-refractivity contribution in [1.82, 2.24) is 9.80 Å². The van der Waals surface area contributed by atoms with Crippen LogP contribution in [-0.2, 0) is 38.8 Å². The molecule has 64 heavy (non-hydrogen) atoms. The van der Waals surface area contributed by atoms with Gasteiger partial charge < -0.3 is 29.8 Å². The van der Waals surface area contributed by atoms with Gasteiger partial charge in [0.1, 0.15) is 0 Å². The standard InChI is InChI=1S/C50H56N10O4/c1-55(23-11-31-57-25-5-3-17-43(57)53-51-41-33-37-13-7-27-59-29-9-15-39(45(37)59)47(41)61)49(63)35-19-21-36(22-20-35)50(64)56(2)24-12-32-58-26-6-4-18-44(58)54-52-42-34-38-14-8-28-60-30-10-16-40(46(38)60)48(42)62/h3-6,17-22,25-26,33-34H,7-16,23-24,27-32H2,1-2H3/p+2. The number of amides is 2. The first-order valence-corrected chi connectivity index (χ1v) is 22.9. The van der Waals surface area contributed by atoms with E-state index in [1.807, 2.05) is 70.1 Å². The molecule has 4 aliphatic rings. The molecular weight excluding hydrogens is 805 g/mol. The second-order valence-electron chi connectivity index (χ2n) is 17.5. The Balaban J connectivity index is 0.758. The highest BCUT2D eigenvalue weighted by molar-refractivity contribution is 5.97. The van der Waals surface area contributed by atoms with Crippen molar-refractivity contribution in [3.05, 3.63) is 119 Å². The maximum atomic E-state index is 13.4. The van der Waals surface area contributed by atoms with Crippen LogP contribution in [0.5, 0.6) is 11.5 Å². The van der Waals surface area contributed by atoms with Gasteiger partial charge in [0, 0.05) is 112 Å². The summed E-state index contributed by atoms with van der Waals surface area (Å²) in [7, 11) is 3.58. The van der Waals surface area contributed by atoms with Crippen LogP contribution in [0.4, 0.5) is 34.4 Å². The van der Waals surface area contributed by atoms with Gasteiger partial charge in [-0.05, 0) is 121 Å². The summed E-state index contributed by atoms with van der Waals surface area (Å²) >= 11 is 0. The second kappa shape index (κ2) is 19.0. The van der Waals surface area contributed by atoms with E-state index in [1.165, 1.54) is 22.5 Å². The van der Waals surface area contributed by atoms with Crippen molar-refractivity contribution in [2.45, 2.75) is 77.3 Å². The van der Waals surface area contributed by atoms with Crippen LogP contribution < -0.4 is 18.9 Å². The molecule has 0 unspecified atom stereocenters. The van der Waals surface area contributed by atoms with Crippen molar-refractivity contribution in [3.8, 4) is 11.5 Å². The molecule has 0 bridgehead atoms. The molecule has 6 heterocycles. The van der Waals surface area contributed by atoms with Crippen LogP contribution in [0.15, 0.2) is 106 Å². The topological polar surface area (TPSA) is 145 Å². The number of hydrogen-bond acceptors (Lipinski definition) is 10. The van der Waals surface area contributed by atoms with Gasteiger partial charge in [0.2, 0.25) is 0 Å². The second-order valence-corrected chi connectivity index (χ2v) is 17.5. The zero-order chi connectivity index (χ0) is 44.2. The summed E-state index contributed by atoms with van der Waals surface area (Å²) in [6.07, 6.45) is 13.2. The maximum absolute atomic E-state index is 13.4. The average molecular weight is 863 g/mol. The molecule has 5 aromatic rings. The molecule has 2 N–H and O–H groups in total. The third-order valence-corrected chi connectivity index (χ3v) is 13.2. The van der Waals surface area contributed by atoms with E-state index in [2.05, 4.69) is 30.3 Å². The Labute approximate surface area is 374 Å². The van der Waals surface area contributed by atoms with Crippen LogP contribution in [-0.4, -0.2) is 85.2 Å². The predicted octanol–water partition coefficient (Wildman–Crippen LogP) is 8.23. The van der Waals surface area contributed by atoms with Gasteiger partial charge in [0.05, 0.1) is 35.7 Å². The number of anilines is 2. The van der Waals surface area contributed by atoms with E-state index < -0.39 is 0 Å². The van der Waals surface area contributed by atoms with Crippen LogP contribution >= 0.6 is 0 Å². The monoisotopic (exact) mass is 862 g/mol. The van der Waals surface area contributed by atoms with Gasteiger partial charge in [-0.25, -0.2) is 9.13 Å². The molecule has 0 atom stereocenters. The molecule has 330 valence electrons. The summed E-state index contributed by atoms with van der Waals surface area (Å²) in [5, 5.41) is 40.5. The first-order chi connectivity index (χ1) is 31.2. The van der Waals surface area contributed by atoms with E-state index in [1.54, 1.807) is 48.2 Å². The largest absolute Gasteiger partial charge is 0.505 e. The minimum atomic E-state index is -0.119. The van der Waals surface area contributed by atoms with E-state index in [9.17, 15) is 19.8 Å². The fraction of sp³-hybridized carbons (Fsp3) is 0.400. The van der Waals surface area contributed by atoms with Crippen LogP contribution in [0.3, 0.4) is 0 Å². The molecule has 14 nitrogen and oxygen atoms in total. The summed E-state index contributed by atoms with van der Waals surface area (Å²) in [5.41, 5.74) is 8.92. The Morgan fingerprint density at radius 3 is 1.41 bits per heavy atom. The zero-order valence-electron chi connectivity index (χ0n) is 37.0. The van der Waals surface area contributed by atoms with Gasteiger partial charge in [-0.1, -0.05) is 12.1 Å². The highest BCUT2D eigenvalue weighted by Gasteiger charge is 2.30. The van der Waals surface area contributed by atoms with Gasteiger partial charge in [0.15, 0.2) is 22.9 Å². The molecule has 3 aromatic carbocycles. The molecule has 0 spiro atoms. The van der Waals surface area contributed by atoms with Crippen LogP contribution in [0, 0.1) is 0 Å². The van der Waals surface area contributed by atoms with Crippen LogP contribution in [0.1, 0.15) is 81.5 Å². The van der Waals surface area contributed by atoms with Crippen LogP contribution in [0.2, 0.25) is 0 Å². The Bertz CT molecular complexity index is 2430. The summed E-state index contributed by atoms with van der Waals surface area (Å²) in [4.78, 5) is 35.0. The molecule has 14 heteroatoms. The zero-order valence-corrected chi connectivity index (χ0v) is 37.0. The number of benzene rings is 3. The van der Waals surface area contributed by atoms with Crippen molar-refractivity contribution in [2.75, 3.05) is 63.2 Å². The van der Waals surface area contributed by atoms with E-state index in [0.29, 0.717) is 73.2 Å². The van der Waals surface area contributed by atoms with Gasteiger partial charge in [-0.3, -0.25) is 9.59 Å². The lowest BCUT2D eigenvalue weighted by Crippen LogP contribution is -2.36. The summed E-state index contributed by atoms with van der Waals surface area (Å²) < 4.78 is 4.02. The smallest absolute Gasteiger partial charge is 0.350 e. The number of carbonyl (C=O) groups is 2. The van der Waals surface area contributed by atoms with Crippen molar-refractivity contribution in [1.29, 1.82) is 0 Å². The molecule has 2 aromatic heterocycles. The highest BCUT2D eigenvalue weighted by Crippen LogP contribution is 2.46. The van der Waals surface area contributed by atoms with Crippen molar-refractivity contribution < 1.29 is 28.9 Å². The molecule has 2 amide bonds. The van der Waals surface area contributed by atoms with Crippen molar-refractivity contribution in [2.24, 2.45) is 20.5 Å². The van der Waals surface area contributed by atoms with Crippen LogP contribution in [0.25, 0.3) is 0 Å². The number of aromatic nitrogens is 2. The third-order valence-electron chi connectivity index (χ3n) is 13.2. The Morgan fingerprint density at radius 2 is 0.984 bits per heavy atom. The number of pyridine rings is 2.